The molecule has 0 aromatic carbocycles. The van der Waals surface area contributed by atoms with E-state index in [-0.39, 0.29) is 29.3 Å². The molecule has 2 unspecified atom stereocenters. The highest BCUT2D eigenvalue weighted by atomic mass is 32.2. The number of hydrogen-bond donors (Lipinski definition) is 2. The number of nitrogens with two attached hydrogens (primary N) is 1. The highest BCUT2D eigenvalue weighted by Crippen LogP contribution is 2.51. The summed E-state index contributed by atoms with van der Waals surface area (Å²) in [5.41, 5.74) is 6.04. The molecule has 1 aliphatic carbocycles. The lowest BCUT2D eigenvalue weighted by atomic mass is 10.1. The Balaban J connectivity index is 2.36. The van der Waals surface area contributed by atoms with E-state index in [1.165, 1.54) is 7.11 Å². The Bertz CT molecular complexity index is 256. The second-order valence-corrected chi connectivity index (χ2v) is 6.08. The second kappa shape index (κ2) is 6.61. The summed E-state index contributed by atoms with van der Waals surface area (Å²) < 4.78 is 4.71. The molecule has 0 saturated heterocycles. The van der Waals surface area contributed by atoms with Crippen LogP contribution < -0.4 is 5.73 Å². The van der Waals surface area contributed by atoms with Gasteiger partial charge in [0.1, 0.15) is 0 Å². The van der Waals surface area contributed by atoms with E-state index in [9.17, 15) is 9.90 Å². The van der Waals surface area contributed by atoms with Gasteiger partial charge in [0, 0.05) is 11.3 Å². The fraction of sp³-hybridized carbons (Fsp3) is 0.917. The first-order chi connectivity index (χ1) is 8.06. The summed E-state index contributed by atoms with van der Waals surface area (Å²) in [6.45, 7) is 2.13. The quantitative estimate of drug-likeness (QED) is 0.642. The average Bonchev–Trinajstić information content (AvgIpc) is 3.09. The first kappa shape index (κ1) is 14.8. The number of carbonyl (C=O) groups is 1. The molecule has 0 radical (unpaired) electrons. The molecular weight excluding hydrogens is 238 g/mol. The molecule has 0 spiro atoms. The zero-order chi connectivity index (χ0) is 12.9. The zero-order valence-corrected chi connectivity index (χ0v) is 11.5. The van der Waals surface area contributed by atoms with E-state index in [1.54, 1.807) is 11.8 Å². The van der Waals surface area contributed by atoms with Gasteiger partial charge in [-0.25, -0.2) is 0 Å². The van der Waals surface area contributed by atoms with Gasteiger partial charge in [-0.2, -0.15) is 11.8 Å². The highest BCUT2D eigenvalue weighted by molar-refractivity contribution is 8.00. The number of aliphatic hydroxyl groups is 1. The largest absolute Gasteiger partial charge is 0.469 e. The number of aliphatic hydroxyl groups excluding tert-OH is 1. The number of hydrogen-bond acceptors (Lipinski definition) is 5. The summed E-state index contributed by atoms with van der Waals surface area (Å²) in [6.07, 6.45) is 3.52. The molecule has 0 aromatic heterocycles. The molecular formula is C12H23NO3S. The molecule has 5 heteroatoms. The van der Waals surface area contributed by atoms with Gasteiger partial charge in [-0.05, 0) is 30.4 Å². The van der Waals surface area contributed by atoms with Crippen molar-refractivity contribution in [3.05, 3.63) is 0 Å². The molecule has 0 bridgehead atoms. The number of ether oxygens (including phenoxy) is 1. The Morgan fingerprint density at radius 1 is 1.59 bits per heavy atom. The summed E-state index contributed by atoms with van der Waals surface area (Å²) in [4.78, 5) is 11.3. The molecule has 0 aliphatic heterocycles. The fourth-order valence-electron chi connectivity index (χ4n) is 1.79. The third-order valence-electron chi connectivity index (χ3n) is 3.44. The number of esters is 1. The van der Waals surface area contributed by atoms with Crippen LogP contribution in [0.3, 0.4) is 0 Å². The van der Waals surface area contributed by atoms with Crippen molar-refractivity contribution in [2.75, 3.05) is 19.5 Å². The number of carbonyl (C=O) groups excluding carboxylic acids is 1. The summed E-state index contributed by atoms with van der Waals surface area (Å²) in [6, 6.07) is 0.0268. The van der Waals surface area contributed by atoms with Crippen molar-refractivity contribution < 1.29 is 14.6 Å². The Hall–Kier alpha value is -0.260. The molecule has 3 N–H and O–H groups in total. The molecule has 1 fully saturated rings. The standard InChI is InChI=1S/C12H23NO3S/c1-3-9(13)10(7-14)17-8-12(4-5-12)6-11(15)16-2/h9-10,14H,3-8,13H2,1-2H3. The smallest absolute Gasteiger partial charge is 0.306 e. The Kier molecular flexibility index (Phi) is 5.76. The molecule has 1 aliphatic rings. The van der Waals surface area contributed by atoms with Gasteiger partial charge in [-0.3, -0.25) is 4.79 Å². The van der Waals surface area contributed by atoms with Crippen molar-refractivity contribution in [3.63, 3.8) is 0 Å². The number of rotatable bonds is 8. The molecule has 2 atom stereocenters. The molecule has 1 saturated carbocycles. The minimum absolute atomic E-state index is 0.0268. The third kappa shape index (κ3) is 4.48. The molecule has 4 nitrogen and oxygen atoms in total. The SMILES string of the molecule is CCC(N)C(CO)SCC1(CC(=O)OC)CC1. The lowest BCUT2D eigenvalue weighted by Crippen LogP contribution is -2.35. The highest BCUT2D eigenvalue weighted by Gasteiger charge is 2.45. The van der Waals surface area contributed by atoms with Crippen LogP contribution in [0, 0.1) is 5.41 Å². The Morgan fingerprint density at radius 3 is 2.65 bits per heavy atom. The Labute approximate surface area is 107 Å². The summed E-state index contributed by atoms with van der Waals surface area (Å²) in [5, 5.41) is 9.36. The minimum Gasteiger partial charge on any atom is -0.469 e. The van der Waals surface area contributed by atoms with Gasteiger partial charge in [0.05, 0.1) is 20.1 Å². The van der Waals surface area contributed by atoms with Gasteiger partial charge < -0.3 is 15.6 Å². The minimum atomic E-state index is -0.136. The monoisotopic (exact) mass is 261 g/mol. The van der Waals surface area contributed by atoms with Crippen LogP contribution >= 0.6 is 11.8 Å². The Morgan fingerprint density at radius 2 is 2.24 bits per heavy atom. The van der Waals surface area contributed by atoms with Crippen LogP contribution in [0.4, 0.5) is 0 Å². The molecule has 0 amide bonds. The van der Waals surface area contributed by atoms with Gasteiger partial charge in [-0.1, -0.05) is 6.92 Å². The van der Waals surface area contributed by atoms with E-state index in [0.29, 0.717) is 6.42 Å². The van der Waals surface area contributed by atoms with Crippen LogP contribution in [0.2, 0.25) is 0 Å². The van der Waals surface area contributed by atoms with Crippen molar-refractivity contribution in [1.29, 1.82) is 0 Å². The zero-order valence-electron chi connectivity index (χ0n) is 10.6. The average molecular weight is 261 g/mol. The van der Waals surface area contributed by atoms with E-state index >= 15 is 0 Å². The lowest BCUT2D eigenvalue weighted by Gasteiger charge is -2.22. The number of methoxy groups -OCH3 is 1. The van der Waals surface area contributed by atoms with Gasteiger partial charge in [0.2, 0.25) is 0 Å². The topological polar surface area (TPSA) is 72.5 Å². The summed E-state index contributed by atoms with van der Waals surface area (Å²) in [5.74, 6) is 0.754. The maximum atomic E-state index is 11.3. The van der Waals surface area contributed by atoms with Crippen molar-refractivity contribution in [1.82, 2.24) is 0 Å². The van der Waals surface area contributed by atoms with Crippen molar-refractivity contribution >= 4 is 17.7 Å². The van der Waals surface area contributed by atoms with Crippen molar-refractivity contribution in [2.24, 2.45) is 11.1 Å². The van der Waals surface area contributed by atoms with E-state index < -0.39 is 0 Å². The van der Waals surface area contributed by atoms with E-state index in [1.807, 2.05) is 6.92 Å². The van der Waals surface area contributed by atoms with E-state index in [0.717, 1.165) is 25.0 Å². The van der Waals surface area contributed by atoms with Crippen LogP contribution in [0.25, 0.3) is 0 Å². The van der Waals surface area contributed by atoms with Crippen molar-refractivity contribution in [3.8, 4) is 0 Å². The van der Waals surface area contributed by atoms with Crippen LogP contribution in [-0.4, -0.2) is 41.8 Å². The third-order valence-corrected chi connectivity index (χ3v) is 5.14. The predicted molar refractivity (Wildman–Crippen MR) is 69.9 cm³/mol. The maximum Gasteiger partial charge on any atom is 0.306 e. The van der Waals surface area contributed by atoms with Gasteiger partial charge in [0.25, 0.3) is 0 Å². The fourth-order valence-corrected chi connectivity index (χ4v) is 3.29. The normalized spacial score (nSPS) is 20.7. The van der Waals surface area contributed by atoms with Crippen LogP contribution in [0.15, 0.2) is 0 Å². The lowest BCUT2D eigenvalue weighted by molar-refractivity contribution is -0.141. The maximum absolute atomic E-state index is 11.3. The summed E-state index contributed by atoms with van der Waals surface area (Å²) >= 11 is 1.69. The molecule has 0 heterocycles. The molecule has 1 rings (SSSR count). The first-order valence-corrected chi connectivity index (χ1v) is 7.16. The molecule has 17 heavy (non-hydrogen) atoms. The van der Waals surface area contributed by atoms with E-state index in [2.05, 4.69) is 0 Å². The van der Waals surface area contributed by atoms with Crippen LogP contribution in [-0.2, 0) is 9.53 Å². The van der Waals surface area contributed by atoms with Crippen LogP contribution in [0.1, 0.15) is 32.6 Å². The first-order valence-electron chi connectivity index (χ1n) is 6.12. The van der Waals surface area contributed by atoms with Gasteiger partial charge in [-0.15, -0.1) is 0 Å². The molecule has 0 aromatic rings. The van der Waals surface area contributed by atoms with E-state index in [4.69, 9.17) is 10.5 Å². The van der Waals surface area contributed by atoms with Crippen LogP contribution in [0.5, 0.6) is 0 Å². The van der Waals surface area contributed by atoms with Gasteiger partial charge in [0.15, 0.2) is 0 Å². The van der Waals surface area contributed by atoms with Crippen molar-refractivity contribution in [2.45, 2.75) is 43.9 Å². The van der Waals surface area contributed by atoms with Gasteiger partial charge >= 0.3 is 5.97 Å². The number of thioether (sulfide) groups is 1. The second-order valence-electron chi connectivity index (χ2n) is 4.86. The summed E-state index contributed by atoms with van der Waals surface area (Å²) in [7, 11) is 1.43. The molecule has 100 valence electrons. The predicted octanol–water partition coefficient (Wildman–Crippen LogP) is 1.16.